The van der Waals surface area contributed by atoms with E-state index in [4.69, 9.17) is 5.73 Å². The Morgan fingerprint density at radius 2 is 1.75 bits per heavy atom. The molecule has 0 fully saturated rings. The van der Waals surface area contributed by atoms with Gasteiger partial charge in [0.25, 0.3) is 0 Å². The molecule has 1 heterocycles. The van der Waals surface area contributed by atoms with E-state index in [0.29, 0.717) is 11.3 Å². The van der Waals surface area contributed by atoms with Gasteiger partial charge >= 0.3 is 0 Å². The van der Waals surface area contributed by atoms with E-state index in [2.05, 4.69) is 6.92 Å². The molecule has 0 saturated carbocycles. The number of nitrogen functional groups attached to an aromatic ring is 1. The van der Waals surface area contributed by atoms with Gasteiger partial charge in [-0.3, -0.25) is 4.79 Å². The number of pyridine rings is 1. The van der Waals surface area contributed by atoms with Crippen molar-refractivity contribution in [3.8, 4) is 0 Å². The zero-order chi connectivity index (χ0) is 13.7. The first-order valence-electron chi connectivity index (χ1n) is 6.27. The molecule has 2 rings (SSSR count). The first kappa shape index (κ1) is 15.9. The lowest BCUT2D eigenvalue weighted by atomic mass is 10.1. The largest absolute Gasteiger partial charge is 1.00 e. The van der Waals surface area contributed by atoms with Gasteiger partial charge in [0.1, 0.15) is 0 Å². The third kappa shape index (κ3) is 4.21. The summed E-state index contributed by atoms with van der Waals surface area (Å²) >= 11 is 0. The Bertz CT molecular complexity index is 589. The number of hydrogen-bond acceptors (Lipinski definition) is 2. The summed E-state index contributed by atoms with van der Waals surface area (Å²) in [5, 5.41) is 0. The van der Waals surface area contributed by atoms with E-state index in [9.17, 15) is 4.79 Å². The molecule has 20 heavy (non-hydrogen) atoms. The van der Waals surface area contributed by atoms with Gasteiger partial charge in [0.2, 0.25) is 0 Å². The zero-order valence-corrected chi connectivity index (χ0v) is 12.0. The van der Waals surface area contributed by atoms with E-state index in [1.165, 1.54) is 5.56 Å². The van der Waals surface area contributed by atoms with Gasteiger partial charge in [-0.05, 0) is 12.0 Å². The summed E-state index contributed by atoms with van der Waals surface area (Å²) in [6.07, 6.45) is 7.86. The van der Waals surface area contributed by atoms with Gasteiger partial charge in [0.15, 0.2) is 24.4 Å². The van der Waals surface area contributed by atoms with E-state index in [0.717, 1.165) is 6.42 Å². The van der Waals surface area contributed by atoms with Crippen molar-refractivity contribution in [2.75, 3.05) is 5.73 Å². The monoisotopic (exact) mass is 288 g/mol. The molecule has 1 aromatic carbocycles. The maximum absolute atomic E-state index is 12.0. The molecule has 2 aromatic rings. The lowest BCUT2D eigenvalue weighted by Gasteiger charge is -1.98. The summed E-state index contributed by atoms with van der Waals surface area (Å²) in [7, 11) is 0. The summed E-state index contributed by atoms with van der Waals surface area (Å²) < 4.78 is 1.79. The Labute approximate surface area is 125 Å². The van der Waals surface area contributed by atoms with Crippen LogP contribution in [0.15, 0.2) is 54.9 Å². The highest BCUT2D eigenvalue weighted by molar-refractivity contribution is 6.05. The molecule has 0 bridgehead atoms. The minimum Gasteiger partial charge on any atom is -1.00 e. The number of carbonyl (C=O) groups excluding carboxylic acids is 1. The number of rotatable bonds is 4. The van der Waals surface area contributed by atoms with E-state index < -0.39 is 0 Å². The number of hydrogen-bond donors (Lipinski definition) is 1. The molecule has 0 saturated heterocycles. The van der Waals surface area contributed by atoms with E-state index in [1.54, 1.807) is 41.4 Å². The number of benzene rings is 1. The smallest absolute Gasteiger partial charge is 0.191 e. The number of anilines is 1. The Balaban J connectivity index is 0.00000200. The molecule has 0 radical (unpaired) electrons. The van der Waals surface area contributed by atoms with Crippen LogP contribution in [-0.2, 0) is 6.42 Å². The quantitative estimate of drug-likeness (QED) is 0.467. The number of halogens is 1. The van der Waals surface area contributed by atoms with Gasteiger partial charge in [-0.15, -0.1) is 0 Å². The van der Waals surface area contributed by atoms with Gasteiger partial charge in [-0.2, -0.15) is 4.57 Å². The standard InChI is InChI=1S/C16H16N2O.ClH/c1-2-13-3-5-14(6-4-13)16(19)9-12-18-10-7-15(17)8-11-18;/h3-12,17H,2H2,1H3;1H/b12-9+;. The third-order valence-electron chi connectivity index (χ3n) is 2.92. The second kappa shape index (κ2) is 7.46. The molecule has 0 aliphatic carbocycles. The fourth-order valence-electron chi connectivity index (χ4n) is 1.70. The molecular formula is C16H17ClN2O. The van der Waals surface area contributed by atoms with Crippen LogP contribution in [0, 0.1) is 0 Å². The van der Waals surface area contributed by atoms with E-state index in [-0.39, 0.29) is 18.2 Å². The van der Waals surface area contributed by atoms with Crippen LogP contribution in [-0.4, -0.2) is 5.78 Å². The lowest BCUT2D eigenvalue weighted by Crippen LogP contribution is -3.00. The Hall–Kier alpha value is -2.13. The molecule has 2 N–H and O–H groups in total. The predicted octanol–water partition coefficient (Wildman–Crippen LogP) is -0.524. The Morgan fingerprint density at radius 3 is 2.30 bits per heavy atom. The highest BCUT2D eigenvalue weighted by Crippen LogP contribution is 2.06. The Morgan fingerprint density at radius 1 is 1.15 bits per heavy atom. The van der Waals surface area contributed by atoms with Crippen LogP contribution < -0.4 is 22.7 Å². The van der Waals surface area contributed by atoms with Gasteiger partial charge in [-0.1, -0.05) is 31.2 Å². The van der Waals surface area contributed by atoms with Crippen LogP contribution in [0.1, 0.15) is 22.8 Å². The van der Waals surface area contributed by atoms with Crippen molar-refractivity contribution in [1.82, 2.24) is 0 Å². The molecular weight excluding hydrogens is 272 g/mol. The number of aryl methyl sites for hydroxylation is 1. The number of nitrogens with two attached hydrogens (primary N) is 1. The molecule has 0 aliphatic rings. The fraction of sp³-hybridized carbons (Fsp3) is 0.125. The third-order valence-corrected chi connectivity index (χ3v) is 2.92. The molecule has 0 spiro atoms. The normalized spacial score (nSPS) is 10.2. The molecule has 0 amide bonds. The molecule has 1 aromatic heterocycles. The van der Waals surface area contributed by atoms with Crippen molar-refractivity contribution in [3.05, 3.63) is 66.0 Å². The van der Waals surface area contributed by atoms with Crippen molar-refractivity contribution in [1.29, 1.82) is 0 Å². The highest BCUT2D eigenvalue weighted by Gasteiger charge is 2.03. The predicted molar refractivity (Wildman–Crippen MR) is 76.5 cm³/mol. The van der Waals surface area contributed by atoms with Crippen molar-refractivity contribution in [3.63, 3.8) is 0 Å². The first-order chi connectivity index (χ1) is 9.19. The number of aromatic nitrogens is 1. The number of nitrogens with zero attached hydrogens (tertiary/aromatic N) is 1. The molecule has 0 atom stereocenters. The summed E-state index contributed by atoms with van der Waals surface area (Å²) in [5.41, 5.74) is 8.23. The van der Waals surface area contributed by atoms with Gasteiger partial charge in [0.05, 0.1) is 6.08 Å². The molecule has 4 heteroatoms. The van der Waals surface area contributed by atoms with Crippen LogP contribution in [0.4, 0.5) is 5.69 Å². The number of allylic oxidation sites excluding steroid dienone is 1. The first-order valence-corrected chi connectivity index (χ1v) is 6.27. The summed E-state index contributed by atoms with van der Waals surface area (Å²) in [4.78, 5) is 12.0. The SMILES string of the molecule is CCc1ccc(C(=O)/C=C/[n+]2ccc(N)cc2)cc1.[Cl-]. The topological polar surface area (TPSA) is 47.0 Å². The summed E-state index contributed by atoms with van der Waals surface area (Å²) in [6.45, 7) is 2.09. The fourth-order valence-corrected chi connectivity index (χ4v) is 1.70. The van der Waals surface area contributed by atoms with E-state index in [1.807, 2.05) is 24.3 Å². The second-order valence-electron chi connectivity index (χ2n) is 4.31. The molecule has 3 nitrogen and oxygen atoms in total. The highest BCUT2D eigenvalue weighted by atomic mass is 35.5. The summed E-state index contributed by atoms with van der Waals surface area (Å²) in [5.74, 6) is -0.00743. The maximum Gasteiger partial charge on any atom is 0.191 e. The van der Waals surface area contributed by atoms with Crippen LogP contribution >= 0.6 is 0 Å². The zero-order valence-electron chi connectivity index (χ0n) is 11.3. The van der Waals surface area contributed by atoms with Crippen LogP contribution in [0.25, 0.3) is 6.20 Å². The van der Waals surface area contributed by atoms with Crippen LogP contribution in [0.2, 0.25) is 0 Å². The minimum atomic E-state index is -0.00743. The van der Waals surface area contributed by atoms with Gasteiger partial charge < -0.3 is 18.1 Å². The Kier molecular flexibility index (Phi) is 5.94. The van der Waals surface area contributed by atoms with Gasteiger partial charge in [0, 0.05) is 23.4 Å². The van der Waals surface area contributed by atoms with Crippen molar-refractivity contribution in [2.45, 2.75) is 13.3 Å². The number of carbonyl (C=O) groups is 1. The van der Waals surface area contributed by atoms with Crippen molar-refractivity contribution < 1.29 is 21.8 Å². The average Bonchev–Trinajstić information content (AvgIpc) is 2.46. The molecule has 0 aliphatic heterocycles. The maximum atomic E-state index is 12.0. The minimum absolute atomic E-state index is 0. The second-order valence-corrected chi connectivity index (χ2v) is 4.31. The van der Waals surface area contributed by atoms with Crippen LogP contribution in [0.5, 0.6) is 0 Å². The average molecular weight is 289 g/mol. The van der Waals surface area contributed by atoms with E-state index >= 15 is 0 Å². The summed E-state index contributed by atoms with van der Waals surface area (Å²) in [6, 6.07) is 11.3. The van der Waals surface area contributed by atoms with Crippen LogP contribution in [0.3, 0.4) is 0 Å². The lowest BCUT2D eigenvalue weighted by molar-refractivity contribution is -0.568. The van der Waals surface area contributed by atoms with Crippen molar-refractivity contribution in [2.24, 2.45) is 0 Å². The van der Waals surface area contributed by atoms with Gasteiger partial charge in [-0.25, -0.2) is 0 Å². The van der Waals surface area contributed by atoms with Crippen molar-refractivity contribution >= 4 is 17.7 Å². The number of ketones is 1. The molecule has 0 unspecified atom stereocenters. The molecule has 104 valence electrons.